The highest BCUT2D eigenvalue weighted by atomic mass is 79.9. The minimum Gasteiger partial charge on any atom is -0.314 e. The van der Waals surface area contributed by atoms with Gasteiger partial charge in [-0.05, 0) is 41.8 Å². The number of halogens is 2. The van der Waals surface area contributed by atoms with Crippen LogP contribution in [0.25, 0.3) is 0 Å². The largest absolute Gasteiger partial charge is 0.314 e. The molecule has 0 radical (unpaired) electrons. The van der Waals surface area contributed by atoms with Crippen molar-refractivity contribution in [3.05, 3.63) is 69.2 Å². The second-order valence-electron chi connectivity index (χ2n) is 5.65. The second-order valence-corrected chi connectivity index (χ2v) is 7.00. The Balaban J connectivity index is 2.19. The van der Waals surface area contributed by atoms with Crippen molar-refractivity contribution in [2.45, 2.75) is 32.2 Å². The number of nitrogens with one attached hydrogen (secondary N) is 1. The highest BCUT2D eigenvalue weighted by molar-refractivity contribution is 9.10. The van der Waals surface area contributed by atoms with E-state index in [2.05, 4.69) is 71.5 Å². The lowest BCUT2D eigenvalue weighted by atomic mass is 9.91. The molecule has 3 heteroatoms. The molecular weight excluding hydrogens is 346 g/mol. The first kappa shape index (κ1) is 16.5. The van der Waals surface area contributed by atoms with E-state index in [1.54, 1.807) is 0 Å². The zero-order valence-electron chi connectivity index (χ0n) is 12.4. The lowest BCUT2D eigenvalue weighted by Crippen LogP contribution is -2.29. The normalized spacial score (nSPS) is 12.6. The summed E-state index contributed by atoms with van der Waals surface area (Å²) >= 11 is 9.70. The quantitative estimate of drug-likeness (QED) is 0.719. The second kappa shape index (κ2) is 7.98. The van der Waals surface area contributed by atoms with Gasteiger partial charge in [0.2, 0.25) is 0 Å². The first-order valence-corrected chi connectivity index (χ1v) is 8.45. The van der Waals surface area contributed by atoms with Crippen LogP contribution in [0.1, 0.15) is 30.9 Å². The molecule has 0 saturated heterocycles. The van der Waals surface area contributed by atoms with Gasteiger partial charge >= 0.3 is 0 Å². The molecule has 2 rings (SSSR count). The molecule has 21 heavy (non-hydrogen) atoms. The van der Waals surface area contributed by atoms with E-state index in [1.807, 2.05) is 12.1 Å². The summed E-state index contributed by atoms with van der Waals surface area (Å²) in [6.07, 6.45) is 1.000. The zero-order chi connectivity index (χ0) is 15.2. The number of hydrogen-bond donors (Lipinski definition) is 1. The highest BCUT2D eigenvalue weighted by Crippen LogP contribution is 2.24. The van der Waals surface area contributed by atoms with Crippen LogP contribution in [0.4, 0.5) is 0 Å². The predicted octanol–water partition coefficient (Wildman–Crippen LogP) is 5.43. The summed E-state index contributed by atoms with van der Waals surface area (Å²) in [5.41, 5.74) is 2.62. The maximum Gasteiger partial charge on any atom is 0.0408 e. The molecule has 112 valence electrons. The maximum atomic E-state index is 6.15. The van der Waals surface area contributed by atoms with Crippen molar-refractivity contribution in [1.82, 2.24) is 5.32 Å². The van der Waals surface area contributed by atoms with Crippen LogP contribution in [0.15, 0.2) is 53.0 Å². The lowest BCUT2D eigenvalue weighted by molar-refractivity contribution is 0.527. The van der Waals surface area contributed by atoms with Crippen molar-refractivity contribution < 1.29 is 0 Å². The molecule has 0 amide bonds. The molecule has 1 nitrogen and oxygen atoms in total. The van der Waals surface area contributed by atoms with E-state index in [1.165, 1.54) is 11.1 Å². The summed E-state index contributed by atoms with van der Waals surface area (Å²) in [7, 11) is 0. The summed E-state index contributed by atoms with van der Waals surface area (Å²) < 4.78 is 1.13. The van der Waals surface area contributed by atoms with Gasteiger partial charge in [-0.3, -0.25) is 0 Å². The third-order valence-corrected chi connectivity index (χ3v) is 4.19. The lowest BCUT2D eigenvalue weighted by Gasteiger charge is -2.20. The topological polar surface area (TPSA) is 12.0 Å². The van der Waals surface area contributed by atoms with Crippen LogP contribution in [0, 0.1) is 0 Å². The molecule has 2 aromatic carbocycles. The maximum absolute atomic E-state index is 6.15. The van der Waals surface area contributed by atoms with Crippen LogP contribution in [-0.4, -0.2) is 12.6 Å². The number of rotatable bonds is 6. The van der Waals surface area contributed by atoms with Crippen molar-refractivity contribution in [3.8, 4) is 0 Å². The van der Waals surface area contributed by atoms with E-state index in [9.17, 15) is 0 Å². The molecule has 0 bridgehead atoms. The van der Waals surface area contributed by atoms with Crippen LogP contribution in [-0.2, 0) is 6.42 Å². The summed E-state index contributed by atoms with van der Waals surface area (Å²) in [6, 6.07) is 17.2. The molecule has 0 aliphatic rings. The van der Waals surface area contributed by atoms with Crippen molar-refractivity contribution in [1.29, 1.82) is 0 Å². The van der Waals surface area contributed by atoms with Crippen molar-refractivity contribution in [3.63, 3.8) is 0 Å². The van der Waals surface area contributed by atoms with E-state index >= 15 is 0 Å². The average molecular weight is 367 g/mol. The van der Waals surface area contributed by atoms with Gasteiger partial charge in [0.1, 0.15) is 0 Å². The van der Waals surface area contributed by atoms with Gasteiger partial charge in [0.25, 0.3) is 0 Å². The van der Waals surface area contributed by atoms with Crippen LogP contribution < -0.4 is 5.32 Å². The molecule has 0 aromatic heterocycles. The van der Waals surface area contributed by atoms with Gasteiger partial charge < -0.3 is 5.32 Å². The minimum absolute atomic E-state index is 0.417. The SMILES string of the molecule is CC(C)NCC(Cc1cccc(Br)c1)c1cccc(Cl)c1. The molecule has 2 aromatic rings. The average Bonchev–Trinajstić information content (AvgIpc) is 2.43. The third-order valence-electron chi connectivity index (χ3n) is 3.46. The van der Waals surface area contributed by atoms with Gasteiger partial charge in [-0.2, -0.15) is 0 Å². The molecule has 0 spiro atoms. The molecule has 0 aliphatic carbocycles. The van der Waals surface area contributed by atoms with E-state index in [0.717, 1.165) is 22.5 Å². The number of benzene rings is 2. The fraction of sp³-hybridized carbons (Fsp3) is 0.333. The van der Waals surface area contributed by atoms with E-state index in [-0.39, 0.29) is 0 Å². The fourth-order valence-corrected chi connectivity index (χ4v) is 3.04. The predicted molar refractivity (Wildman–Crippen MR) is 95.2 cm³/mol. The summed E-state index contributed by atoms with van der Waals surface area (Å²) in [5.74, 6) is 0.417. The Labute approximate surface area is 140 Å². The Morgan fingerprint density at radius 1 is 1.10 bits per heavy atom. The van der Waals surface area contributed by atoms with Crippen molar-refractivity contribution in [2.24, 2.45) is 0 Å². The summed E-state index contributed by atoms with van der Waals surface area (Å²) in [6.45, 7) is 5.30. The molecule has 1 atom stereocenters. The van der Waals surface area contributed by atoms with E-state index in [0.29, 0.717) is 12.0 Å². The van der Waals surface area contributed by atoms with Gasteiger partial charge in [-0.1, -0.05) is 65.6 Å². The van der Waals surface area contributed by atoms with Gasteiger partial charge in [-0.15, -0.1) is 0 Å². The van der Waals surface area contributed by atoms with Gasteiger partial charge in [0.15, 0.2) is 0 Å². The van der Waals surface area contributed by atoms with Crippen LogP contribution in [0.5, 0.6) is 0 Å². The smallest absolute Gasteiger partial charge is 0.0408 e. The zero-order valence-corrected chi connectivity index (χ0v) is 14.8. The standard InChI is InChI=1S/C18H21BrClN/c1-13(2)21-12-16(15-6-4-8-18(20)11-15)9-14-5-3-7-17(19)10-14/h3-8,10-11,13,16,21H,9,12H2,1-2H3. The Bertz CT molecular complexity index is 583. The molecule has 0 saturated carbocycles. The first-order chi connectivity index (χ1) is 10.0. The summed E-state index contributed by atoms with van der Waals surface area (Å²) in [4.78, 5) is 0. The first-order valence-electron chi connectivity index (χ1n) is 7.28. The molecular formula is C18H21BrClN. The Hall–Kier alpha value is -0.830. The van der Waals surface area contributed by atoms with Crippen LogP contribution >= 0.6 is 27.5 Å². The molecule has 0 aliphatic heterocycles. The Kier molecular flexibility index (Phi) is 6.28. The van der Waals surface area contributed by atoms with Crippen molar-refractivity contribution >= 4 is 27.5 Å². The Morgan fingerprint density at radius 3 is 2.52 bits per heavy atom. The molecule has 0 heterocycles. The van der Waals surface area contributed by atoms with Crippen LogP contribution in [0.3, 0.4) is 0 Å². The van der Waals surface area contributed by atoms with E-state index < -0.39 is 0 Å². The molecule has 1 unspecified atom stereocenters. The molecule has 1 N–H and O–H groups in total. The minimum atomic E-state index is 0.417. The van der Waals surface area contributed by atoms with Gasteiger partial charge in [0.05, 0.1) is 0 Å². The molecule has 0 fully saturated rings. The number of hydrogen-bond acceptors (Lipinski definition) is 1. The van der Waals surface area contributed by atoms with E-state index in [4.69, 9.17) is 11.6 Å². The Morgan fingerprint density at radius 2 is 1.86 bits per heavy atom. The highest BCUT2D eigenvalue weighted by Gasteiger charge is 2.13. The fourth-order valence-electron chi connectivity index (χ4n) is 2.39. The van der Waals surface area contributed by atoms with Gasteiger partial charge in [0, 0.05) is 28.0 Å². The van der Waals surface area contributed by atoms with Gasteiger partial charge in [-0.25, -0.2) is 0 Å². The summed E-state index contributed by atoms with van der Waals surface area (Å²) in [5, 5.41) is 4.35. The van der Waals surface area contributed by atoms with Crippen LogP contribution in [0.2, 0.25) is 5.02 Å². The third kappa shape index (κ3) is 5.46. The monoisotopic (exact) mass is 365 g/mol. The van der Waals surface area contributed by atoms with Crippen molar-refractivity contribution in [2.75, 3.05) is 6.54 Å².